The van der Waals surface area contributed by atoms with E-state index in [0.29, 0.717) is 31.1 Å². The summed E-state index contributed by atoms with van der Waals surface area (Å²) in [7, 11) is -3.79. The van der Waals surface area contributed by atoms with Crippen molar-refractivity contribution in [1.29, 1.82) is 0 Å². The van der Waals surface area contributed by atoms with Crippen LogP contribution in [-0.4, -0.2) is 50.1 Å². The first-order chi connectivity index (χ1) is 13.7. The summed E-state index contributed by atoms with van der Waals surface area (Å²) in [5.41, 5.74) is -0.876. The first-order valence-electron chi connectivity index (χ1n) is 8.83. The van der Waals surface area contributed by atoms with Gasteiger partial charge >= 0.3 is 6.18 Å². The van der Waals surface area contributed by atoms with E-state index in [4.69, 9.17) is 14.2 Å². The summed E-state index contributed by atoms with van der Waals surface area (Å²) < 4.78 is 81.4. The number of hydrogen-bond acceptors (Lipinski definition) is 6. The number of fused-ring (bicyclic) bond motifs is 1. The van der Waals surface area contributed by atoms with Crippen molar-refractivity contribution >= 4 is 10.0 Å². The summed E-state index contributed by atoms with van der Waals surface area (Å²) in [6, 6.07) is 6.03. The molecule has 0 atom stereocenters. The second-order valence-corrected chi connectivity index (χ2v) is 8.54. The van der Waals surface area contributed by atoms with Gasteiger partial charge < -0.3 is 14.2 Å². The Kier molecular flexibility index (Phi) is 5.03. The molecule has 4 rings (SSSR count). The number of aromatic nitrogens is 1. The zero-order chi connectivity index (χ0) is 20.6. The van der Waals surface area contributed by atoms with Crippen molar-refractivity contribution in [2.24, 2.45) is 0 Å². The number of alkyl halides is 3. The molecule has 0 unspecified atom stereocenters. The van der Waals surface area contributed by atoms with Crippen LogP contribution in [0.4, 0.5) is 13.2 Å². The van der Waals surface area contributed by atoms with Crippen LogP contribution in [0.3, 0.4) is 0 Å². The van der Waals surface area contributed by atoms with Crippen LogP contribution in [0.15, 0.2) is 41.4 Å². The van der Waals surface area contributed by atoms with Crippen molar-refractivity contribution in [1.82, 2.24) is 9.29 Å². The summed E-state index contributed by atoms with van der Waals surface area (Å²) in [5, 5.41) is 0. The number of rotatable bonds is 4. The smallest absolute Gasteiger partial charge is 0.416 e. The third-order valence-corrected chi connectivity index (χ3v) is 6.35. The molecule has 0 bridgehead atoms. The van der Waals surface area contributed by atoms with Gasteiger partial charge in [0.05, 0.1) is 36.8 Å². The molecule has 0 aliphatic carbocycles. The van der Waals surface area contributed by atoms with E-state index in [1.54, 1.807) is 6.07 Å². The first kappa shape index (κ1) is 19.8. The molecule has 2 aliphatic rings. The monoisotopic (exact) mass is 430 g/mol. The number of benzene rings is 1. The molecule has 11 heteroatoms. The molecule has 1 aromatic heterocycles. The Hall–Kier alpha value is -2.53. The van der Waals surface area contributed by atoms with Crippen molar-refractivity contribution in [3.05, 3.63) is 42.1 Å². The molecule has 1 fully saturated rings. The van der Waals surface area contributed by atoms with E-state index in [-0.39, 0.29) is 23.9 Å². The fourth-order valence-corrected chi connectivity index (χ4v) is 4.46. The van der Waals surface area contributed by atoms with Gasteiger partial charge in [-0.1, -0.05) is 0 Å². The Morgan fingerprint density at radius 3 is 2.52 bits per heavy atom. The average molecular weight is 430 g/mol. The van der Waals surface area contributed by atoms with Crippen LogP contribution < -0.4 is 14.2 Å². The van der Waals surface area contributed by atoms with E-state index < -0.39 is 27.9 Å². The number of nitrogens with zero attached hydrogens (tertiary/aromatic N) is 2. The maximum atomic E-state index is 12.8. The first-order valence-corrected chi connectivity index (χ1v) is 10.3. The summed E-state index contributed by atoms with van der Waals surface area (Å²) >= 11 is 0. The third-order valence-electron chi connectivity index (χ3n) is 4.52. The summed E-state index contributed by atoms with van der Waals surface area (Å²) in [4.78, 5) is 3.81. The lowest BCUT2D eigenvalue weighted by atomic mass is 10.2. The van der Waals surface area contributed by atoms with Crippen LogP contribution in [0.2, 0.25) is 0 Å². The Bertz CT molecular complexity index is 1010. The van der Waals surface area contributed by atoms with Crippen LogP contribution in [0.1, 0.15) is 12.0 Å². The number of sulfonamides is 1. The van der Waals surface area contributed by atoms with E-state index in [0.717, 1.165) is 18.3 Å². The van der Waals surface area contributed by atoms with E-state index in [9.17, 15) is 21.6 Å². The van der Waals surface area contributed by atoms with Gasteiger partial charge in [-0.2, -0.15) is 17.5 Å². The fraction of sp³-hybridized carbons (Fsp3) is 0.389. The van der Waals surface area contributed by atoms with Gasteiger partial charge in [0.25, 0.3) is 0 Å². The maximum Gasteiger partial charge on any atom is 0.416 e. The number of pyridine rings is 1. The number of ether oxygens (including phenoxy) is 3. The lowest BCUT2D eigenvalue weighted by molar-refractivity contribution is -0.137. The molecule has 1 saturated heterocycles. The third kappa shape index (κ3) is 4.10. The van der Waals surface area contributed by atoms with E-state index in [1.807, 2.05) is 0 Å². The minimum Gasteiger partial charge on any atom is -0.490 e. The van der Waals surface area contributed by atoms with E-state index in [2.05, 4.69) is 4.98 Å². The lowest BCUT2D eigenvalue weighted by Crippen LogP contribution is -2.56. The van der Waals surface area contributed by atoms with Crippen LogP contribution >= 0.6 is 0 Å². The number of halogens is 3. The normalized spacial score (nSPS) is 18.0. The Balaban J connectivity index is 1.42. The molecule has 2 aliphatic heterocycles. The van der Waals surface area contributed by atoms with Crippen molar-refractivity contribution < 1.29 is 35.8 Å². The molecule has 0 N–H and O–H groups in total. The van der Waals surface area contributed by atoms with E-state index in [1.165, 1.54) is 16.4 Å². The van der Waals surface area contributed by atoms with Crippen molar-refractivity contribution in [2.45, 2.75) is 23.6 Å². The van der Waals surface area contributed by atoms with Gasteiger partial charge in [0, 0.05) is 24.8 Å². The van der Waals surface area contributed by atoms with Gasteiger partial charge in [0.2, 0.25) is 15.9 Å². The summed E-state index contributed by atoms with van der Waals surface area (Å²) in [5.74, 6) is 0.657. The van der Waals surface area contributed by atoms with Gasteiger partial charge in [0.15, 0.2) is 11.5 Å². The summed E-state index contributed by atoms with van der Waals surface area (Å²) in [6.45, 7) is 0.942. The molecular formula is C18H17F3N2O5S. The minimum atomic E-state index is -4.51. The molecule has 7 nitrogen and oxygen atoms in total. The molecule has 0 amide bonds. The van der Waals surface area contributed by atoms with Crippen LogP contribution in [0.5, 0.6) is 17.4 Å². The Morgan fingerprint density at radius 2 is 1.79 bits per heavy atom. The molecule has 2 aromatic rings. The summed E-state index contributed by atoms with van der Waals surface area (Å²) in [6.07, 6.45) is -3.39. The van der Waals surface area contributed by atoms with Gasteiger partial charge in [-0.05, 0) is 18.2 Å². The Morgan fingerprint density at radius 1 is 1.07 bits per heavy atom. The average Bonchev–Trinajstić information content (AvgIpc) is 2.88. The van der Waals surface area contributed by atoms with Gasteiger partial charge in [-0.25, -0.2) is 13.4 Å². The lowest BCUT2D eigenvalue weighted by Gasteiger charge is -2.37. The molecule has 0 radical (unpaired) electrons. The molecule has 29 heavy (non-hydrogen) atoms. The van der Waals surface area contributed by atoms with Gasteiger partial charge in [0.1, 0.15) is 6.10 Å². The predicted octanol–water partition coefficient (Wildman–Crippen LogP) is 2.71. The zero-order valence-corrected chi connectivity index (χ0v) is 15.9. The van der Waals surface area contributed by atoms with Crippen LogP contribution in [0, 0.1) is 0 Å². The van der Waals surface area contributed by atoms with Crippen molar-refractivity contribution in [2.75, 3.05) is 26.3 Å². The van der Waals surface area contributed by atoms with Crippen LogP contribution in [0.25, 0.3) is 0 Å². The van der Waals surface area contributed by atoms with Gasteiger partial charge in [-0.15, -0.1) is 0 Å². The van der Waals surface area contributed by atoms with Crippen molar-refractivity contribution in [3.8, 4) is 17.4 Å². The van der Waals surface area contributed by atoms with Gasteiger partial charge in [-0.3, -0.25) is 0 Å². The SMILES string of the molecule is O=S(=O)(c1ccc2c(c1)OCCCO2)N1CC(Oc2cc(C(F)(F)F)ccn2)C1. The standard InChI is InChI=1S/C18H17F3N2O5S/c19-18(20,21)12-4-5-22-17(8-12)28-13-10-23(11-13)29(24,25)14-2-3-15-16(9-14)27-7-1-6-26-15/h2-5,8-9,13H,1,6-7,10-11H2. The Labute approximate surface area is 165 Å². The number of hydrogen-bond donors (Lipinski definition) is 0. The second-order valence-electron chi connectivity index (χ2n) is 6.60. The zero-order valence-electron chi connectivity index (χ0n) is 15.1. The molecule has 156 valence electrons. The second kappa shape index (κ2) is 7.38. The minimum absolute atomic E-state index is 0.00863. The highest BCUT2D eigenvalue weighted by Gasteiger charge is 2.39. The molecule has 0 saturated carbocycles. The quantitative estimate of drug-likeness (QED) is 0.742. The topological polar surface area (TPSA) is 78.0 Å². The molecule has 3 heterocycles. The maximum absolute atomic E-state index is 12.8. The van der Waals surface area contributed by atoms with E-state index >= 15 is 0 Å². The molecule has 0 spiro atoms. The molecule has 1 aromatic carbocycles. The largest absolute Gasteiger partial charge is 0.490 e. The predicted molar refractivity (Wildman–Crippen MR) is 94.5 cm³/mol. The highest BCUT2D eigenvalue weighted by molar-refractivity contribution is 7.89. The fourth-order valence-electron chi connectivity index (χ4n) is 2.95. The van der Waals surface area contributed by atoms with Crippen molar-refractivity contribution in [3.63, 3.8) is 0 Å². The highest BCUT2D eigenvalue weighted by atomic mass is 32.2. The highest BCUT2D eigenvalue weighted by Crippen LogP contribution is 2.34. The molecular weight excluding hydrogens is 413 g/mol. The van der Waals surface area contributed by atoms with Crippen LogP contribution in [-0.2, 0) is 16.2 Å².